The fourth-order valence-corrected chi connectivity index (χ4v) is 1.54. The molecule has 0 spiro atoms. The summed E-state index contributed by atoms with van der Waals surface area (Å²) in [6.07, 6.45) is -2.70. The Morgan fingerprint density at radius 1 is 1.39 bits per heavy atom. The van der Waals surface area contributed by atoms with Crippen molar-refractivity contribution in [3.8, 4) is 0 Å². The number of rotatable bonds is 7. The van der Waals surface area contributed by atoms with Gasteiger partial charge < -0.3 is 4.74 Å². The third-order valence-corrected chi connectivity index (χ3v) is 2.48. The van der Waals surface area contributed by atoms with Gasteiger partial charge in [-0.15, -0.1) is 0 Å². The maximum atomic E-state index is 13.4. The Bertz CT molecular complexity index is 410. The zero-order valence-corrected chi connectivity index (χ0v) is 10.2. The molecule has 1 aromatic rings. The average molecular weight is 281 g/mol. The van der Waals surface area contributed by atoms with Crippen molar-refractivity contribution in [3.05, 3.63) is 34.6 Å². The maximum absolute atomic E-state index is 13.4. The van der Waals surface area contributed by atoms with E-state index < -0.39 is 18.8 Å². The summed E-state index contributed by atoms with van der Waals surface area (Å²) in [5, 5.41) is -0.0470. The van der Waals surface area contributed by atoms with Gasteiger partial charge in [-0.05, 0) is 11.6 Å². The van der Waals surface area contributed by atoms with Gasteiger partial charge in [0.25, 0.3) is 6.43 Å². The first-order chi connectivity index (χ1) is 8.50. The largest absolute Gasteiger partial charge is 0.375 e. The summed E-state index contributed by atoms with van der Waals surface area (Å²) >= 11 is 5.56. The van der Waals surface area contributed by atoms with Crippen molar-refractivity contribution in [1.29, 1.82) is 0 Å². The van der Waals surface area contributed by atoms with Gasteiger partial charge in [0, 0.05) is 12.8 Å². The van der Waals surface area contributed by atoms with Gasteiger partial charge in [-0.3, -0.25) is 4.79 Å². The fourth-order valence-electron chi connectivity index (χ4n) is 1.34. The van der Waals surface area contributed by atoms with Crippen molar-refractivity contribution in [2.75, 3.05) is 13.2 Å². The number of carbonyl (C=O) groups is 1. The number of benzene rings is 1. The molecular weight excluding hydrogens is 269 g/mol. The van der Waals surface area contributed by atoms with Gasteiger partial charge in [0.15, 0.2) is 0 Å². The molecule has 0 unspecified atom stereocenters. The molecule has 18 heavy (non-hydrogen) atoms. The van der Waals surface area contributed by atoms with Gasteiger partial charge in [-0.2, -0.15) is 0 Å². The molecule has 0 bridgehead atoms. The summed E-state index contributed by atoms with van der Waals surface area (Å²) in [5.74, 6) is -0.911. The minimum atomic E-state index is -2.55. The normalized spacial score (nSPS) is 10.9. The van der Waals surface area contributed by atoms with E-state index in [2.05, 4.69) is 4.74 Å². The molecule has 0 aromatic heterocycles. The molecule has 0 aliphatic heterocycles. The minimum Gasteiger partial charge on any atom is -0.375 e. The monoisotopic (exact) mass is 280 g/mol. The smallest absolute Gasteiger partial charge is 0.261 e. The molecule has 0 fully saturated rings. The van der Waals surface area contributed by atoms with E-state index in [0.717, 1.165) is 0 Å². The molecule has 0 N–H and O–H groups in total. The van der Waals surface area contributed by atoms with Crippen LogP contribution in [0.2, 0.25) is 5.02 Å². The highest BCUT2D eigenvalue weighted by molar-refractivity contribution is 6.30. The molecule has 0 radical (unpaired) electrons. The Kier molecular flexibility index (Phi) is 6.15. The summed E-state index contributed by atoms with van der Waals surface area (Å²) in [4.78, 5) is 11.4. The topological polar surface area (TPSA) is 26.3 Å². The SMILES string of the molecule is O=C(CCOCC(F)F)Cc1cccc(Cl)c1F. The zero-order chi connectivity index (χ0) is 13.5. The van der Waals surface area contributed by atoms with Crippen LogP contribution in [0.3, 0.4) is 0 Å². The van der Waals surface area contributed by atoms with Gasteiger partial charge in [-0.25, -0.2) is 13.2 Å². The predicted molar refractivity (Wildman–Crippen MR) is 61.6 cm³/mol. The first-order valence-electron chi connectivity index (χ1n) is 5.31. The highest BCUT2D eigenvalue weighted by Crippen LogP contribution is 2.18. The van der Waals surface area contributed by atoms with Crippen molar-refractivity contribution in [2.24, 2.45) is 0 Å². The van der Waals surface area contributed by atoms with Crippen LogP contribution < -0.4 is 0 Å². The zero-order valence-electron chi connectivity index (χ0n) is 9.47. The van der Waals surface area contributed by atoms with E-state index >= 15 is 0 Å². The van der Waals surface area contributed by atoms with Gasteiger partial charge in [0.1, 0.15) is 18.2 Å². The molecule has 1 aromatic carbocycles. The van der Waals surface area contributed by atoms with E-state index in [-0.39, 0.29) is 35.8 Å². The molecule has 0 aliphatic carbocycles. The van der Waals surface area contributed by atoms with Crippen LogP contribution >= 0.6 is 11.6 Å². The van der Waals surface area contributed by atoms with E-state index in [1.807, 2.05) is 0 Å². The van der Waals surface area contributed by atoms with Gasteiger partial charge in [-0.1, -0.05) is 23.7 Å². The molecule has 100 valence electrons. The van der Waals surface area contributed by atoms with Crippen LogP contribution in [0.15, 0.2) is 18.2 Å². The Morgan fingerprint density at radius 3 is 2.78 bits per heavy atom. The lowest BCUT2D eigenvalue weighted by molar-refractivity contribution is -0.119. The van der Waals surface area contributed by atoms with Crippen LogP contribution in [0.25, 0.3) is 0 Å². The van der Waals surface area contributed by atoms with Gasteiger partial charge in [0.2, 0.25) is 0 Å². The molecular formula is C12H12ClF3O2. The Labute approximate surface area is 108 Å². The van der Waals surface area contributed by atoms with Crippen molar-refractivity contribution in [3.63, 3.8) is 0 Å². The van der Waals surface area contributed by atoms with Crippen LogP contribution in [0, 0.1) is 5.82 Å². The Hall–Kier alpha value is -1.07. The third kappa shape index (κ3) is 5.06. The summed E-state index contributed by atoms with van der Waals surface area (Å²) in [6, 6.07) is 4.39. The van der Waals surface area contributed by atoms with Crippen LogP contribution in [0.1, 0.15) is 12.0 Å². The van der Waals surface area contributed by atoms with E-state index in [4.69, 9.17) is 11.6 Å². The number of ether oxygens (including phenoxy) is 1. The summed E-state index contributed by atoms with van der Waals surface area (Å²) < 4.78 is 41.5. The van der Waals surface area contributed by atoms with Gasteiger partial charge >= 0.3 is 0 Å². The molecule has 0 saturated heterocycles. The van der Waals surface area contributed by atoms with E-state index in [0.29, 0.717) is 0 Å². The van der Waals surface area contributed by atoms with Gasteiger partial charge in [0.05, 0.1) is 11.6 Å². The molecule has 2 nitrogen and oxygen atoms in total. The number of ketones is 1. The number of hydrogen-bond acceptors (Lipinski definition) is 2. The first kappa shape index (κ1) is 15.0. The van der Waals surface area contributed by atoms with E-state index in [9.17, 15) is 18.0 Å². The number of Topliss-reactive ketones (excluding diaryl/α,β-unsaturated/α-hetero) is 1. The molecule has 0 amide bonds. The summed E-state index contributed by atoms with van der Waals surface area (Å²) in [7, 11) is 0. The van der Waals surface area contributed by atoms with Crippen molar-refractivity contribution >= 4 is 17.4 Å². The predicted octanol–water partition coefficient (Wildman–Crippen LogP) is 3.26. The van der Waals surface area contributed by atoms with Crippen molar-refractivity contribution in [1.82, 2.24) is 0 Å². The van der Waals surface area contributed by atoms with Crippen LogP contribution in [0.5, 0.6) is 0 Å². The molecule has 0 atom stereocenters. The standard InChI is InChI=1S/C12H12ClF3O2/c13-10-3-1-2-8(12(10)16)6-9(17)4-5-18-7-11(14)15/h1-3,11H,4-7H2. The quantitative estimate of drug-likeness (QED) is 0.717. The number of halogens is 4. The van der Waals surface area contributed by atoms with Crippen molar-refractivity contribution in [2.45, 2.75) is 19.3 Å². The summed E-state index contributed by atoms with van der Waals surface area (Å²) in [6.45, 7) is -0.788. The van der Waals surface area contributed by atoms with Crippen molar-refractivity contribution < 1.29 is 22.7 Å². The third-order valence-electron chi connectivity index (χ3n) is 2.19. The maximum Gasteiger partial charge on any atom is 0.261 e. The lowest BCUT2D eigenvalue weighted by Gasteiger charge is -2.05. The molecule has 0 aliphatic rings. The first-order valence-corrected chi connectivity index (χ1v) is 5.69. The molecule has 6 heteroatoms. The molecule has 1 rings (SSSR count). The second kappa shape index (κ2) is 7.38. The van der Waals surface area contributed by atoms with Crippen LogP contribution in [-0.2, 0) is 16.0 Å². The van der Waals surface area contributed by atoms with E-state index in [1.54, 1.807) is 6.07 Å². The highest BCUT2D eigenvalue weighted by atomic mass is 35.5. The second-order valence-corrected chi connectivity index (χ2v) is 4.05. The van der Waals surface area contributed by atoms with Crippen LogP contribution in [0.4, 0.5) is 13.2 Å². The lowest BCUT2D eigenvalue weighted by Crippen LogP contribution is -2.11. The number of carbonyl (C=O) groups excluding carboxylic acids is 1. The highest BCUT2D eigenvalue weighted by Gasteiger charge is 2.11. The lowest BCUT2D eigenvalue weighted by atomic mass is 10.1. The fraction of sp³-hybridized carbons (Fsp3) is 0.417. The molecule has 0 saturated carbocycles. The summed E-state index contributed by atoms with van der Waals surface area (Å²) in [5.41, 5.74) is 0.196. The molecule has 0 heterocycles. The number of alkyl halides is 2. The van der Waals surface area contributed by atoms with E-state index in [1.165, 1.54) is 12.1 Å². The second-order valence-electron chi connectivity index (χ2n) is 3.64. The Balaban J connectivity index is 2.38. The number of hydrogen-bond donors (Lipinski definition) is 0. The Morgan fingerprint density at radius 2 is 2.11 bits per heavy atom. The minimum absolute atomic E-state index is 0.0291. The van der Waals surface area contributed by atoms with Crippen LogP contribution in [-0.4, -0.2) is 25.4 Å². The average Bonchev–Trinajstić information content (AvgIpc) is 2.30.